The molecule has 9 nitrogen and oxygen atoms in total. The first kappa shape index (κ1) is 29.9. The zero-order valence-electron chi connectivity index (χ0n) is 23.9. The first-order chi connectivity index (χ1) is 19.6. The summed E-state index contributed by atoms with van der Waals surface area (Å²) in [6, 6.07) is 17.2. The van der Waals surface area contributed by atoms with Gasteiger partial charge in [-0.15, -0.1) is 0 Å². The number of benzene rings is 2. The van der Waals surface area contributed by atoms with E-state index in [-0.39, 0.29) is 24.7 Å². The summed E-state index contributed by atoms with van der Waals surface area (Å²) in [5.74, 6) is -0.850. The zero-order valence-corrected chi connectivity index (χ0v) is 24.9. The first-order valence-electron chi connectivity index (χ1n) is 13.6. The van der Waals surface area contributed by atoms with Crippen LogP contribution in [-0.2, 0) is 27.4 Å². The summed E-state index contributed by atoms with van der Waals surface area (Å²) in [7, 11) is 0.117. The molecule has 0 atom stereocenters. The fraction of sp³-hybridized carbons (Fsp3) is 0.333. The van der Waals surface area contributed by atoms with Crippen molar-refractivity contribution in [3.63, 3.8) is 0 Å². The van der Waals surface area contributed by atoms with E-state index >= 15 is 4.39 Å². The highest BCUT2D eigenvalue weighted by Crippen LogP contribution is 2.25. The summed E-state index contributed by atoms with van der Waals surface area (Å²) in [5.41, 5.74) is 2.70. The third-order valence-electron chi connectivity index (χ3n) is 6.48. The van der Waals surface area contributed by atoms with E-state index in [1.54, 1.807) is 28.8 Å². The fourth-order valence-corrected chi connectivity index (χ4v) is 4.88. The van der Waals surface area contributed by atoms with Crippen LogP contribution in [0.25, 0.3) is 16.8 Å². The van der Waals surface area contributed by atoms with Crippen molar-refractivity contribution in [2.24, 2.45) is 0 Å². The van der Waals surface area contributed by atoms with Crippen molar-refractivity contribution in [1.29, 1.82) is 0 Å². The van der Waals surface area contributed by atoms with E-state index in [1.165, 1.54) is 18.0 Å². The number of aryl methyl sites for hydroxylation is 1. The summed E-state index contributed by atoms with van der Waals surface area (Å²) in [5, 5.41) is 7.03. The zero-order chi connectivity index (χ0) is 29.4. The molecular weight excluding hydrogens is 541 g/mol. The molecule has 4 aromatic rings. The molecule has 0 aliphatic rings. The molecule has 41 heavy (non-hydrogen) atoms. The average Bonchev–Trinajstić information content (AvgIpc) is 3.53. The number of halogens is 1. The number of hydrogen-bond acceptors (Lipinski definition) is 6. The molecule has 2 aromatic carbocycles. The van der Waals surface area contributed by atoms with Crippen molar-refractivity contribution in [2.45, 2.75) is 51.7 Å². The minimum absolute atomic E-state index is 0.0284. The number of carbonyl (C=O) groups excluding carboxylic acids is 2. The van der Waals surface area contributed by atoms with Gasteiger partial charge < -0.3 is 9.47 Å². The van der Waals surface area contributed by atoms with E-state index in [0.29, 0.717) is 36.5 Å². The standard InChI is InChI=1S/C30H36FN5O4Si/c1-39-27(37)15-9-12-24-20-35(25-13-6-5-7-14-25)30(33-24)34-29(38)23-11-8-10-22(18-23)26-19-32-36(28(26)31)21-40-16-17-41(2,3)4/h5-8,10-11,13-14,18-20H,9,12,15-17,21H2,1-4H3,(H,33,34,38). The van der Waals surface area contributed by atoms with Crippen LogP contribution in [0.15, 0.2) is 67.0 Å². The highest BCUT2D eigenvalue weighted by atomic mass is 28.3. The van der Waals surface area contributed by atoms with Crippen molar-refractivity contribution in [1.82, 2.24) is 19.3 Å². The van der Waals surface area contributed by atoms with Crippen molar-refractivity contribution >= 4 is 25.9 Å². The smallest absolute Gasteiger partial charge is 0.305 e. The number of carbonyl (C=O) groups is 2. The molecule has 1 N–H and O–H groups in total. The van der Waals surface area contributed by atoms with Gasteiger partial charge in [-0.1, -0.05) is 50.0 Å². The van der Waals surface area contributed by atoms with Crippen molar-refractivity contribution in [3.8, 4) is 16.8 Å². The topological polar surface area (TPSA) is 100 Å². The Bertz CT molecular complexity index is 1480. The number of ether oxygens (including phenoxy) is 2. The second-order valence-electron chi connectivity index (χ2n) is 10.9. The molecule has 0 saturated carbocycles. The molecule has 2 aromatic heterocycles. The van der Waals surface area contributed by atoms with Gasteiger partial charge in [0.1, 0.15) is 6.73 Å². The maximum absolute atomic E-state index is 15.2. The van der Waals surface area contributed by atoms with Gasteiger partial charge in [-0.2, -0.15) is 9.49 Å². The molecule has 0 aliphatic carbocycles. The third kappa shape index (κ3) is 8.21. The summed E-state index contributed by atoms with van der Waals surface area (Å²) in [6.07, 6.45) is 4.67. The number of nitrogens with zero attached hydrogens (tertiary/aromatic N) is 4. The molecule has 1 amide bonds. The van der Waals surface area contributed by atoms with Crippen LogP contribution in [0.1, 0.15) is 28.9 Å². The second-order valence-corrected chi connectivity index (χ2v) is 16.5. The minimum Gasteiger partial charge on any atom is -0.469 e. The van der Waals surface area contributed by atoms with Crippen molar-refractivity contribution in [2.75, 3.05) is 19.0 Å². The second kappa shape index (κ2) is 13.5. The molecular formula is C30H36FN5O4Si. The van der Waals surface area contributed by atoms with Crippen LogP contribution in [-0.4, -0.2) is 53.0 Å². The van der Waals surface area contributed by atoms with Gasteiger partial charge in [-0.3, -0.25) is 19.5 Å². The van der Waals surface area contributed by atoms with Gasteiger partial charge in [0.2, 0.25) is 11.9 Å². The molecule has 0 spiro atoms. The predicted octanol–water partition coefficient (Wildman–Crippen LogP) is 5.94. The molecule has 0 unspecified atom stereocenters. The van der Waals surface area contributed by atoms with Crippen LogP contribution in [0.5, 0.6) is 0 Å². The number of rotatable bonds is 13. The van der Waals surface area contributed by atoms with Crippen LogP contribution in [0.2, 0.25) is 25.7 Å². The Hall–Kier alpha value is -4.09. The van der Waals surface area contributed by atoms with E-state index in [2.05, 4.69) is 35.0 Å². The number of imidazole rings is 1. The quantitative estimate of drug-likeness (QED) is 0.120. The number of aromatic nitrogens is 4. The number of esters is 1. The summed E-state index contributed by atoms with van der Waals surface area (Å²) < 4.78 is 28.5. The fourth-order valence-electron chi connectivity index (χ4n) is 4.12. The molecule has 0 radical (unpaired) electrons. The highest BCUT2D eigenvalue weighted by molar-refractivity contribution is 6.76. The molecule has 0 saturated heterocycles. The molecule has 4 rings (SSSR count). The number of anilines is 1. The Morgan fingerprint density at radius 2 is 1.85 bits per heavy atom. The van der Waals surface area contributed by atoms with Gasteiger partial charge in [-0.25, -0.2) is 9.67 Å². The monoisotopic (exact) mass is 577 g/mol. The van der Waals surface area contributed by atoms with E-state index < -0.39 is 19.9 Å². The lowest BCUT2D eigenvalue weighted by Gasteiger charge is -2.15. The van der Waals surface area contributed by atoms with Gasteiger partial charge in [0.25, 0.3) is 5.91 Å². The normalized spacial score (nSPS) is 11.4. The largest absolute Gasteiger partial charge is 0.469 e. The third-order valence-corrected chi connectivity index (χ3v) is 8.18. The van der Waals surface area contributed by atoms with E-state index in [9.17, 15) is 9.59 Å². The van der Waals surface area contributed by atoms with Crippen LogP contribution in [0.3, 0.4) is 0 Å². The maximum Gasteiger partial charge on any atom is 0.305 e. The van der Waals surface area contributed by atoms with Gasteiger partial charge in [0.05, 0.1) is 24.6 Å². The first-order valence-corrected chi connectivity index (χ1v) is 17.3. The van der Waals surface area contributed by atoms with E-state index in [4.69, 9.17) is 9.47 Å². The predicted molar refractivity (Wildman–Crippen MR) is 158 cm³/mol. The van der Waals surface area contributed by atoms with Crippen molar-refractivity contribution in [3.05, 3.63) is 84.2 Å². The SMILES string of the molecule is COC(=O)CCCc1cn(-c2ccccc2)c(NC(=O)c2cccc(-c3cnn(COCC[Si](C)(C)C)c3F)c2)n1. The summed E-state index contributed by atoms with van der Waals surface area (Å²) >= 11 is 0. The lowest BCUT2D eigenvalue weighted by molar-refractivity contribution is -0.140. The maximum atomic E-state index is 15.2. The van der Waals surface area contributed by atoms with E-state index in [0.717, 1.165) is 17.4 Å². The Morgan fingerprint density at radius 3 is 2.59 bits per heavy atom. The Balaban J connectivity index is 1.49. The van der Waals surface area contributed by atoms with Crippen LogP contribution < -0.4 is 5.32 Å². The van der Waals surface area contributed by atoms with Gasteiger partial charge in [-0.05, 0) is 48.7 Å². The summed E-state index contributed by atoms with van der Waals surface area (Å²) in [4.78, 5) is 29.4. The lowest BCUT2D eigenvalue weighted by atomic mass is 10.1. The summed E-state index contributed by atoms with van der Waals surface area (Å²) in [6.45, 7) is 7.36. The van der Waals surface area contributed by atoms with Crippen LogP contribution in [0.4, 0.5) is 10.3 Å². The number of hydrogen-bond donors (Lipinski definition) is 1. The van der Waals surface area contributed by atoms with E-state index in [1.807, 2.05) is 36.5 Å². The van der Waals surface area contributed by atoms with Gasteiger partial charge in [0, 0.05) is 38.5 Å². The highest BCUT2D eigenvalue weighted by Gasteiger charge is 2.18. The van der Waals surface area contributed by atoms with Crippen LogP contribution in [0, 0.1) is 5.95 Å². The molecule has 2 heterocycles. The Labute approximate surface area is 240 Å². The number of amides is 1. The number of methoxy groups -OCH3 is 1. The molecule has 0 fully saturated rings. The number of nitrogens with one attached hydrogen (secondary N) is 1. The van der Waals surface area contributed by atoms with Crippen LogP contribution >= 0.6 is 0 Å². The minimum atomic E-state index is -1.24. The molecule has 11 heteroatoms. The lowest BCUT2D eigenvalue weighted by Crippen LogP contribution is -2.22. The Kier molecular flexibility index (Phi) is 9.85. The van der Waals surface area contributed by atoms with Crippen molar-refractivity contribution < 1.29 is 23.5 Å². The molecule has 216 valence electrons. The average molecular weight is 578 g/mol. The van der Waals surface area contributed by atoms with Gasteiger partial charge >= 0.3 is 5.97 Å². The van der Waals surface area contributed by atoms with Gasteiger partial charge in [0.15, 0.2) is 0 Å². The molecule has 0 bridgehead atoms. The Morgan fingerprint density at radius 1 is 1.07 bits per heavy atom. The molecule has 0 aliphatic heterocycles. The number of para-hydroxylation sites is 1.